The molecule has 2 aliphatic heterocycles. The van der Waals surface area contributed by atoms with E-state index in [1.807, 2.05) is 36.1 Å². The summed E-state index contributed by atoms with van der Waals surface area (Å²) in [5, 5.41) is 0.829. The molecule has 0 radical (unpaired) electrons. The molecule has 1 spiro atoms. The van der Waals surface area contributed by atoms with Gasteiger partial charge in [-0.2, -0.15) is 0 Å². The van der Waals surface area contributed by atoms with E-state index < -0.39 is 0 Å². The Morgan fingerprint density at radius 1 is 1.24 bits per heavy atom. The van der Waals surface area contributed by atoms with Crippen LogP contribution in [0.25, 0.3) is 0 Å². The number of rotatable bonds is 4. The summed E-state index contributed by atoms with van der Waals surface area (Å²) in [6.45, 7) is 10.7. The van der Waals surface area contributed by atoms with Crippen molar-refractivity contribution in [1.29, 1.82) is 0 Å². The van der Waals surface area contributed by atoms with E-state index in [9.17, 15) is 4.79 Å². The quantitative estimate of drug-likeness (QED) is 0.562. The highest BCUT2D eigenvalue weighted by molar-refractivity contribution is 7.99. The SMILES string of the molecule is Cc1nc(N2CCCC3(CN(c4ccc(N)cc4)C3)C2=O)sc1SNC(C)(C)C. The number of nitrogens with one attached hydrogen (secondary N) is 1. The molecular weight excluding hydrogens is 402 g/mol. The zero-order valence-electron chi connectivity index (χ0n) is 17.5. The van der Waals surface area contributed by atoms with Crippen LogP contribution in [-0.4, -0.2) is 36.1 Å². The van der Waals surface area contributed by atoms with Gasteiger partial charge in [0.25, 0.3) is 0 Å². The van der Waals surface area contributed by atoms with Gasteiger partial charge in [0.05, 0.1) is 11.1 Å². The number of carbonyl (C=O) groups excluding carboxylic acids is 1. The van der Waals surface area contributed by atoms with E-state index >= 15 is 0 Å². The Morgan fingerprint density at radius 3 is 2.59 bits per heavy atom. The summed E-state index contributed by atoms with van der Waals surface area (Å²) in [6.07, 6.45) is 1.97. The highest BCUT2D eigenvalue weighted by Gasteiger charge is 2.53. The summed E-state index contributed by atoms with van der Waals surface area (Å²) in [7, 11) is 0. The van der Waals surface area contributed by atoms with E-state index in [2.05, 4.69) is 30.4 Å². The molecule has 1 aromatic heterocycles. The number of aryl methyl sites for hydroxylation is 1. The zero-order valence-corrected chi connectivity index (χ0v) is 19.1. The lowest BCUT2D eigenvalue weighted by Gasteiger charge is -2.53. The summed E-state index contributed by atoms with van der Waals surface area (Å²) in [6, 6.07) is 7.89. The molecule has 0 aliphatic carbocycles. The second-order valence-corrected chi connectivity index (χ2v) is 11.2. The molecule has 0 unspecified atom stereocenters. The molecule has 4 rings (SSSR count). The van der Waals surface area contributed by atoms with Crippen molar-refractivity contribution in [2.24, 2.45) is 5.41 Å². The lowest BCUT2D eigenvalue weighted by molar-refractivity contribution is -0.132. The molecule has 156 valence electrons. The number of amides is 1. The average molecular weight is 432 g/mol. The van der Waals surface area contributed by atoms with Crippen molar-refractivity contribution >= 4 is 45.7 Å². The lowest BCUT2D eigenvalue weighted by atomic mass is 9.72. The number of aromatic nitrogens is 1. The molecule has 2 fully saturated rings. The molecule has 2 aromatic rings. The van der Waals surface area contributed by atoms with Crippen molar-refractivity contribution in [2.45, 2.75) is 50.3 Å². The number of hydrogen-bond acceptors (Lipinski definition) is 7. The maximum absolute atomic E-state index is 13.4. The topological polar surface area (TPSA) is 74.5 Å². The largest absolute Gasteiger partial charge is 0.399 e. The fraction of sp³-hybridized carbons (Fsp3) is 0.524. The van der Waals surface area contributed by atoms with Crippen LogP contribution in [-0.2, 0) is 4.79 Å². The number of nitrogens with zero attached hydrogens (tertiary/aromatic N) is 3. The number of nitrogen functional groups attached to an aromatic ring is 1. The Morgan fingerprint density at radius 2 is 1.93 bits per heavy atom. The van der Waals surface area contributed by atoms with Crippen molar-refractivity contribution in [3.8, 4) is 0 Å². The molecular formula is C21H29N5OS2. The number of thiazole rings is 1. The first-order chi connectivity index (χ1) is 13.7. The summed E-state index contributed by atoms with van der Waals surface area (Å²) in [5.41, 5.74) is 8.41. The van der Waals surface area contributed by atoms with Gasteiger partial charge in [0.2, 0.25) is 5.91 Å². The third-order valence-corrected chi connectivity index (χ3v) is 8.08. The monoisotopic (exact) mass is 431 g/mol. The van der Waals surface area contributed by atoms with Gasteiger partial charge in [0.15, 0.2) is 5.13 Å². The van der Waals surface area contributed by atoms with Crippen LogP contribution >= 0.6 is 23.3 Å². The molecule has 3 N–H and O–H groups in total. The van der Waals surface area contributed by atoms with Crippen LogP contribution in [0.3, 0.4) is 0 Å². The molecule has 1 amide bonds. The van der Waals surface area contributed by atoms with Gasteiger partial charge in [-0.25, -0.2) is 4.98 Å². The second-order valence-electron chi connectivity index (χ2n) is 9.11. The fourth-order valence-corrected chi connectivity index (χ4v) is 5.81. The molecule has 0 atom stereocenters. The highest BCUT2D eigenvalue weighted by atomic mass is 32.2. The standard InChI is InChI=1S/C21H29N5OS2/c1-14-17(29-24-20(2,3)4)28-19(23-14)26-11-5-10-21(18(26)27)12-25(13-21)16-8-6-15(22)7-9-16/h6-9,24H,5,10-13,22H2,1-4H3. The summed E-state index contributed by atoms with van der Waals surface area (Å²) >= 11 is 3.22. The van der Waals surface area contributed by atoms with Gasteiger partial charge >= 0.3 is 0 Å². The minimum Gasteiger partial charge on any atom is -0.399 e. The van der Waals surface area contributed by atoms with Crippen molar-refractivity contribution in [3.05, 3.63) is 30.0 Å². The number of nitrogens with two attached hydrogens (primary N) is 1. The number of benzene rings is 1. The summed E-state index contributed by atoms with van der Waals surface area (Å²) < 4.78 is 4.57. The van der Waals surface area contributed by atoms with E-state index in [-0.39, 0.29) is 16.9 Å². The molecule has 29 heavy (non-hydrogen) atoms. The van der Waals surface area contributed by atoms with Gasteiger partial charge in [-0.15, -0.1) is 0 Å². The molecule has 2 saturated heterocycles. The Labute approximate surface area is 181 Å². The van der Waals surface area contributed by atoms with Crippen molar-refractivity contribution < 1.29 is 4.79 Å². The molecule has 8 heteroatoms. The molecule has 3 heterocycles. The Hall–Kier alpha value is -1.77. The maximum Gasteiger partial charge on any atom is 0.238 e. The average Bonchev–Trinajstić information content (AvgIpc) is 2.99. The minimum absolute atomic E-state index is 0.0176. The first kappa shape index (κ1) is 20.5. The molecule has 0 saturated carbocycles. The van der Waals surface area contributed by atoms with Crippen LogP contribution in [0.5, 0.6) is 0 Å². The molecule has 0 bridgehead atoms. The van der Waals surface area contributed by atoms with E-state index in [0.29, 0.717) is 0 Å². The van der Waals surface area contributed by atoms with Crippen LogP contribution in [0.1, 0.15) is 39.3 Å². The smallest absolute Gasteiger partial charge is 0.238 e. The Bertz CT molecular complexity index is 897. The maximum atomic E-state index is 13.4. The van der Waals surface area contributed by atoms with Crippen molar-refractivity contribution in [3.63, 3.8) is 0 Å². The first-order valence-corrected chi connectivity index (χ1v) is 11.6. The predicted molar refractivity (Wildman–Crippen MR) is 123 cm³/mol. The number of carbonyl (C=O) groups is 1. The van der Waals surface area contributed by atoms with E-state index in [4.69, 9.17) is 10.7 Å². The highest BCUT2D eigenvalue weighted by Crippen LogP contribution is 2.45. The summed E-state index contributed by atoms with van der Waals surface area (Å²) in [4.78, 5) is 22.3. The fourth-order valence-electron chi connectivity index (χ4n) is 3.88. The molecule has 1 aromatic carbocycles. The lowest BCUT2D eigenvalue weighted by Crippen LogP contribution is -2.66. The van der Waals surface area contributed by atoms with Gasteiger partial charge in [-0.1, -0.05) is 11.3 Å². The molecule has 2 aliphatic rings. The summed E-state index contributed by atoms with van der Waals surface area (Å²) in [5.74, 6) is 0.226. The normalized spacial score (nSPS) is 19.0. The van der Waals surface area contributed by atoms with Crippen LogP contribution < -0.4 is 20.3 Å². The van der Waals surface area contributed by atoms with Gasteiger partial charge in [-0.3, -0.25) is 14.4 Å². The molecule has 6 nitrogen and oxygen atoms in total. The number of hydrogen-bond donors (Lipinski definition) is 2. The Balaban J connectivity index is 1.46. The van der Waals surface area contributed by atoms with Gasteiger partial charge < -0.3 is 10.6 Å². The van der Waals surface area contributed by atoms with Gasteiger partial charge in [0, 0.05) is 36.5 Å². The second kappa shape index (κ2) is 7.49. The Kier molecular flexibility index (Phi) is 5.29. The van der Waals surface area contributed by atoms with Gasteiger partial charge in [0.1, 0.15) is 4.21 Å². The van der Waals surface area contributed by atoms with Gasteiger partial charge in [-0.05, 0) is 76.7 Å². The van der Waals surface area contributed by atoms with Crippen LogP contribution in [0.15, 0.2) is 28.5 Å². The minimum atomic E-state index is -0.282. The first-order valence-electron chi connectivity index (χ1n) is 10.0. The zero-order chi connectivity index (χ0) is 20.8. The predicted octanol–water partition coefficient (Wildman–Crippen LogP) is 4.06. The van der Waals surface area contributed by atoms with Crippen LogP contribution in [0.2, 0.25) is 0 Å². The number of anilines is 3. The third kappa shape index (κ3) is 4.11. The number of piperidine rings is 1. The van der Waals surface area contributed by atoms with Crippen molar-refractivity contribution in [1.82, 2.24) is 9.71 Å². The third-order valence-electron chi connectivity index (χ3n) is 5.40. The van der Waals surface area contributed by atoms with Crippen LogP contribution in [0.4, 0.5) is 16.5 Å². The van der Waals surface area contributed by atoms with E-state index in [1.54, 1.807) is 23.3 Å². The van der Waals surface area contributed by atoms with Crippen molar-refractivity contribution in [2.75, 3.05) is 35.2 Å². The van der Waals surface area contributed by atoms with E-state index in [1.165, 1.54) is 0 Å². The van der Waals surface area contributed by atoms with Crippen LogP contribution in [0, 0.1) is 12.3 Å². The van der Waals surface area contributed by atoms with E-state index in [0.717, 1.165) is 58.9 Å².